The Morgan fingerprint density at radius 2 is 1.33 bits per heavy atom. The van der Waals surface area contributed by atoms with Gasteiger partial charge in [-0.3, -0.25) is 0 Å². The van der Waals surface area contributed by atoms with Crippen LogP contribution in [0.25, 0.3) is 0 Å². The normalized spacial score (nSPS) is 20.2. The van der Waals surface area contributed by atoms with Gasteiger partial charge in [-0.25, -0.2) is 8.42 Å². The Hall–Kier alpha value is -0.620. The van der Waals surface area contributed by atoms with Gasteiger partial charge in [0.25, 0.3) is 0 Å². The molecule has 2 aliphatic carbocycles. The molecule has 0 amide bonds. The molecule has 0 heterocycles. The fraction of sp³-hybridized carbons (Fsp3) is 0.667. The van der Waals surface area contributed by atoms with Crippen molar-refractivity contribution in [3.05, 3.63) is 29.3 Å². The molecule has 0 unspecified atom stereocenters. The largest absolute Gasteiger partial charge is 0.744 e. The van der Waals surface area contributed by atoms with E-state index >= 15 is 0 Å². The maximum Gasteiger partial charge on any atom is 0.125 e. The summed E-state index contributed by atoms with van der Waals surface area (Å²) in [7, 11) is -4.42. The van der Waals surface area contributed by atoms with Crippen LogP contribution < -0.4 is 5.32 Å². The molecule has 0 aromatic heterocycles. The lowest BCUT2D eigenvalue weighted by atomic mass is 9.91. The molecule has 136 valence electrons. The first-order valence-corrected chi connectivity index (χ1v) is 10.8. The summed E-state index contributed by atoms with van der Waals surface area (Å²) >= 11 is 5.43. The molecule has 3 rings (SSSR count). The van der Waals surface area contributed by atoms with Gasteiger partial charge < -0.3 is 9.87 Å². The van der Waals surface area contributed by atoms with E-state index in [0.29, 0.717) is 0 Å². The molecule has 2 saturated carbocycles. The average molecular weight is 374 g/mol. The van der Waals surface area contributed by atoms with E-state index in [1.807, 2.05) is 0 Å². The predicted octanol–water partition coefficient (Wildman–Crippen LogP) is 3.46. The minimum absolute atomic E-state index is 0.0394. The number of hydrogen-bond donors (Lipinski definition) is 1. The third kappa shape index (κ3) is 6.71. The molecule has 24 heavy (non-hydrogen) atoms. The second-order valence-corrected chi connectivity index (χ2v) is 8.63. The lowest BCUT2D eigenvalue weighted by Crippen LogP contribution is -2.95. The SMILES string of the molecule is C1CCC([NH2+]C2CCCCC2)CC1.O=S(=O)([O-])c1ccccc1Cl. The van der Waals surface area contributed by atoms with Gasteiger partial charge in [0.05, 0.1) is 22.0 Å². The van der Waals surface area contributed by atoms with Crippen LogP contribution >= 0.6 is 11.6 Å². The van der Waals surface area contributed by atoms with E-state index in [-0.39, 0.29) is 9.92 Å². The van der Waals surface area contributed by atoms with Gasteiger partial charge in [0.15, 0.2) is 0 Å². The highest BCUT2D eigenvalue weighted by molar-refractivity contribution is 7.85. The van der Waals surface area contributed by atoms with Gasteiger partial charge in [0.2, 0.25) is 0 Å². The van der Waals surface area contributed by atoms with Gasteiger partial charge in [-0.2, -0.15) is 0 Å². The summed E-state index contributed by atoms with van der Waals surface area (Å²) < 4.78 is 31.2. The summed E-state index contributed by atoms with van der Waals surface area (Å²) in [5.41, 5.74) is 0. The van der Waals surface area contributed by atoms with Crippen molar-refractivity contribution >= 4 is 21.7 Å². The topological polar surface area (TPSA) is 73.8 Å². The number of halogens is 1. The molecule has 0 spiro atoms. The molecule has 4 nitrogen and oxygen atoms in total. The lowest BCUT2D eigenvalue weighted by Gasteiger charge is -2.27. The van der Waals surface area contributed by atoms with Gasteiger partial charge in [0.1, 0.15) is 10.1 Å². The first-order chi connectivity index (χ1) is 11.5. The summed E-state index contributed by atoms with van der Waals surface area (Å²) in [5.74, 6) is 0. The first-order valence-electron chi connectivity index (χ1n) is 9.02. The molecular weight excluding hydrogens is 346 g/mol. The quantitative estimate of drug-likeness (QED) is 0.824. The maximum absolute atomic E-state index is 10.4. The summed E-state index contributed by atoms with van der Waals surface area (Å²) in [5, 5.41) is 2.68. The fourth-order valence-electron chi connectivity index (χ4n) is 3.69. The van der Waals surface area contributed by atoms with E-state index in [4.69, 9.17) is 11.6 Å². The highest BCUT2D eigenvalue weighted by Crippen LogP contribution is 2.19. The molecule has 0 radical (unpaired) electrons. The number of quaternary nitrogens is 1. The Morgan fingerprint density at radius 1 is 0.875 bits per heavy atom. The minimum Gasteiger partial charge on any atom is -0.744 e. The Bertz CT molecular complexity index is 578. The monoisotopic (exact) mass is 373 g/mol. The van der Waals surface area contributed by atoms with Crippen molar-refractivity contribution in [2.45, 2.75) is 81.2 Å². The van der Waals surface area contributed by atoms with E-state index in [1.165, 1.54) is 82.4 Å². The molecular formula is C18H28ClNO3S. The standard InChI is InChI=1S/C12H23N.C6H5ClO3S/c1-3-7-11(8-4-1)13-12-9-5-2-6-10-12;7-5-3-1-2-4-6(5)11(8,9)10/h11-13H,1-10H2;1-4H,(H,8,9,10). The average Bonchev–Trinajstić information content (AvgIpc) is 2.57. The molecule has 0 bridgehead atoms. The van der Waals surface area contributed by atoms with Crippen LogP contribution in [0, 0.1) is 0 Å². The van der Waals surface area contributed by atoms with E-state index in [9.17, 15) is 13.0 Å². The van der Waals surface area contributed by atoms with Crippen LogP contribution in [0.15, 0.2) is 29.2 Å². The third-order valence-corrected chi connectivity index (χ3v) is 6.29. The van der Waals surface area contributed by atoms with Crippen molar-refractivity contribution in [2.75, 3.05) is 0 Å². The second kappa shape index (κ2) is 9.76. The van der Waals surface area contributed by atoms with E-state index in [2.05, 4.69) is 5.32 Å². The van der Waals surface area contributed by atoms with Crippen LogP contribution in [-0.4, -0.2) is 25.1 Å². The van der Waals surface area contributed by atoms with E-state index in [1.54, 1.807) is 6.07 Å². The van der Waals surface area contributed by atoms with Crippen LogP contribution in [0.4, 0.5) is 0 Å². The van der Waals surface area contributed by atoms with Crippen LogP contribution in [0.3, 0.4) is 0 Å². The number of rotatable bonds is 3. The second-order valence-electron chi connectivity index (χ2n) is 6.87. The Morgan fingerprint density at radius 3 is 1.71 bits per heavy atom. The van der Waals surface area contributed by atoms with Crippen molar-refractivity contribution in [2.24, 2.45) is 0 Å². The van der Waals surface area contributed by atoms with Gasteiger partial charge >= 0.3 is 0 Å². The van der Waals surface area contributed by atoms with Crippen LogP contribution in [0.2, 0.25) is 5.02 Å². The molecule has 1 aromatic rings. The van der Waals surface area contributed by atoms with Crippen molar-refractivity contribution in [3.63, 3.8) is 0 Å². The van der Waals surface area contributed by atoms with E-state index in [0.717, 1.165) is 12.1 Å². The molecule has 0 saturated heterocycles. The van der Waals surface area contributed by atoms with Gasteiger partial charge in [-0.05, 0) is 63.5 Å². The molecule has 1 aromatic carbocycles. The summed E-state index contributed by atoms with van der Waals surface area (Å²) in [6, 6.07) is 7.51. The van der Waals surface area contributed by atoms with Crippen LogP contribution in [-0.2, 0) is 10.1 Å². The lowest BCUT2D eigenvalue weighted by molar-refractivity contribution is -0.725. The summed E-state index contributed by atoms with van der Waals surface area (Å²) in [6.07, 6.45) is 15.0. The Balaban J connectivity index is 0.000000177. The zero-order chi connectivity index (χ0) is 17.4. The predicted molar refractivity (Wildman–Crippen MR) is 95.1 cm³/mol. The molecule has 0 aliphatic heterocycles. The molecule has 2 N–H and O–H groups in total. The highest BCUT2D eigenvalue weighted by Gasteiger charge is 2.22. The van der Waals surface area contributed by atoms with Crippen molar-refractivity contribution < 1.29 is 18.3 Å². The highest BCUT2D eigenvalue weighted by atomic mass is 35.5. The zero-order valence-electron chi connectivity index (χ0n) is 14.1. The molecule has 2 fully saturated rings. The van der Waals surface area contributed by atoms with Gasteiger partial charge in [-0.15, -0.1) is 0 Å². The summed E-state index contributed by atoms with van der Waals surface area (Å²) in [4.78, 5) is -0.373. The van der Waals surface area contributed by atoms with Crippen LogP contribution in [0.5, 0.6) is 0 Å². The Kier molecular flexibility index (Phi) is 8.01. The van der Waals surface area contributed by atoms with Crippen molar-refractivity contribution in [3.8, 4) is 0 Å². The molecule has 0 atom stereocenters. The Labute approximate surface area is 150 Å². The van der Waals surface area contributed by atoms with Gasteiger partial charge in [0, 0.05) is 0 Å². The fourth-order valence-corrected chi connectivity index (χ4v) is 4.66. The maximum atomic E-state index is 10.4. The van der Waals surface area contributed by atoms with E-state index < -0.39 is 10.1 Å². The van der Waals surface area contributed by atoms with Crippen molar-refractivity contribution in [1.29, 1.82) is 0 Å². The molecule has 6 heteroatoms. The minimum atomic E-state index is -4.42. The van der Waals surface area contributed by atoms with Gasteiger partial charge in [-0.1, -0.05) is 36.6 Å². The van der Waals surface area contributed by atoms with Crippen molar-refractivity contribution in [1.82, 2.24) is 0 Å². The third-order valence-electron chi connectivity index (χ3n) is 4.95. The van der Waals surface area contributed by atoms with Crippen LogP contribution in [0.1, 0.15) is 64.2 Å². The number of benzene rings is 1. The molecule has 2 aliphatic rings. The smallest absolute Gasteiger partial charge is 0.125 e. The number of nitrogens with two attached hydrogens (primary N) is 1. The number of hydrogen-bond acceptors (Lipinski definition) is 3. The zero-order valence-corrected chi connectivity index (χ0v) is 15.7. The first kappa shape index (κ1) is 19.7. The summed E-state index contributed by atoms with van der Waals surface area (Å²) in [6.45, 7) is 0.